The smallest absolute Gasteiger partial charge is 0.188 e. The van der Waals surface area contributed by atoms with Crippen LogP contribution in [0.2, 0.25) is 0 Å². The second-order valence-corrected chi connectivity index (χ2v) is 3.76. The summed E-state index contributed by atoms with van der Waals surface area (Å²) in [7, 11) is 1.59. The van der Waals surface area contributed by atoms with E-state index in [9.17, 15) is 0 Å². The van der Waals surface area contributed by atoms with E-state index in [2.05, 4.69) is 6.07 Å². The summed E-state index contributed by atoms with van der Waals surface area (Å²) in [5.74, 6) is 0.772. The number of nitriles is 1. The van der Waals surface area contributed by atoms with Crippen LogP contribution in [0, 0.1) is 11.3 Å². The molecule has 0 atom stereocenters. The van der Waals surface area contributed by atoms with Crippen molar-refractivity contribution in [2.45, 2.75) is 29.7 Å². The van der Waals surface area contributed by atoms with Crippen LogP contribution in [0.5, 0.6) is 5.75 Å². The van der Waals surface area contributed by atoms with E-state index >= 15 is 0 Å². The van der Waals surface area contributed by atoms with Crippen molar-refractivity contribution in [3.05, 3.63) is 54.1 Å². The molecule has 0 aliphatic heterocycles. The van der Waals surface area contributed by atoms with E-state index in [1.807, 2.05) is 48.5 Å². The molecule has 0 radical (unpaired) electrons. The van der Waals surface area contributed by atoms with E-state index in [1.54, 1.807) is 7.11 Å². The molecule has 0 bridgehead atoms. The third kappa shape index (κ3) is 6.43. The van der Waals surface area contributed by atoms with Gasteiger partial charge in [0.1, 0.15) is 5.75 Å². The molecule has 122 valence electrons. The molecular formula is C19H29NO2. The van der Waals surface area contributed by atoms with Gasteiger partial charge in [-0.1, -0.05) is 54.0 Å². The highest BCUT2D eigenvalue weighted by Gasteiger charge is 1.99. The Balaban J connectivity index is -0.000000902. The summed E-state index contributed by atoms with van der Waals surface area (Å²) in [5.41, 5.74) is 2.83. The summed E-state index contributed by atoms with van der Waals surface area (Å²) in [4.78, 5) is 0. The maximum Gasteiger partial charge on any atom is 0.188 e. The van der Waals surface area contributed by atoms with Gasteiger partial charge in [-0.15, -0.1) is 0 Å². The zero-order chi connectivity index (χ0) is 12.8. The molecule has 3 nitrogen and oxygen atoms in total. The van der Waals surface area contributed by atoms with Gasteiger partial charge >= 0.3 is 0 Å². The Morgan fingerprint density at radius 3 is 1.68 bits per heavy atom. The molecule has 0 unspecified atom stereocenters. The molecule has 2 rings (SSSR count). The lowest BCUT2D eigenvalue weighted by molar-refractivity contribution is 0.0511. The Labute approximate surface area is 136 Å². The summed E-state index contributed by atoms with van der Waals surface area (Å²) < 4.78 is 10.2. The van der Waals surface area contributed by atoms with Crippen LogP contribution < -0.4 is 4.74 Å². The first-order chi connectivity index (χ1) is 8.83. The molecule has 0 N–H and O–H groups in total. The fourth-order valence-electron chi connectivity index (χ4n) is 1.61. The predicted molar refractivity (Wildman–Crippen MR) is 96.0 cm³/mol. The average molecular weight is 303 g/mol. The minimum atomic E-state index is 0. The van der Waals surface area contributed by atoms with Crippen molar-refractivity contribution in [1.29, 1.82) is 5.26 Å². The molecule has 0 saturated carbocycles. The van der Waals surface area contributed by atoms with E-state index < -0.39 is 0 Å². The SMILES string of the molecule is C.C.C.C.COCOc1ccc(-c2ccc(C#N)cc2)cc1. The lowest BCUT2D eigenvalue weighted by Crippen LogP contribution is -1.98. The van der Waals surface area contributed by atoms with Gasteiger partial charge in [-0.05, 0) is 35.4 Å². The van der Waals surface area contributed by atoms with E-state index in [0.717, 1.165) is 16.9 Å². The lowest BCUT2D eigenvalue weighted by Gasteiger charge is -2.06. The summed E-state index contributed by atoms with van der Waals surface area (Å²) in [5, 5.41) is 8.74. The Kier molecular flexibility index (Phi) is 14.0. The topological polar surface area (TPSA) is 42.2 Å². The van der Waals surface area contributed by atoms with Crippen LogP contribution in [-0.4, -0.2) is 13.9 Å². The number of methoxy groups -OCH3 is 1. The van der Waals surface area contributed by atoms with Gasteiger partial charge in [0.05, 0.1) is 11.6 Å². The first-order valence-corrected chi connectivity index (χ1v) is 5.56. The molecule has 0 heterocycles. The standard InChI is InChI=1S/C15H13NO2.4CH4/c1-17-11-18-15-8-6-14(7-9-15)13-4-2-12(10-16)3-5-13;;;;/h2-9H,11H2,1H3;4*1H4. The zero-order valence-corrected chi connectivity index (χ0v) is 10.1. The summed E-state index contributed by atoms with van der Waals surface area (Å²) in [6.07, 6.45) is 0. The van der Waals surface area contributed by atoms with Crippen molar-refractivity contribution in [3.63, 3.8) is 0 Å². The van der Waals surface area contributed by atoms with Gasteiger partial charge in [0, 0.05) is 7.11 Å². The molecule has 2 aromatic rings. The zero-order valence-electron chi connectivity index (χ0n) is 10.1. The highest BCUT2D eigenvalue weighted by molar-refractivity contribution is 5.64. The van der Waals surface area contributed by atoms with Gasteiger partial charge in [0.25, 0.3) is 0 Å². The second-order valence-electron chi connectivity index (χ2n) is 3.76. The average Bonchev–Trinajstić information content (AvgIpc) is 2.46. The molecule has 0 aliphatic carbocycles. The van der Waals surface area contributed by atoms with E-state index in [-0.39, 0.29) is 36.5 Å². The summed E-state index contributed by atoms with van der Waals surface area (Å²) >= 11 is 0. The van der Waals surface area contributed by atoms with Crippen LogP contribution in [0.4, 0.5) is 0 Å². The van der Waals surface area contributed by atoms with E-state index in [1.165, 1.54) is 0 Å². The minimum absolute atomic E-state index is 0. The first-order valence-electron chi connectivity index (χ1n) is 5.56. The monoisotopic (exact) mass is 303 g/mol. The summed E-state index contributed by atoms with van der Waals surface area (Å²) in [6, 6.07) is 17.3. The quantitative estimate of drug-likeness (QED) is 0.675. The lowest BCUT2D eigenvalue weighted by atomic mass is 10.0. The van der Waals surface area contributed by atoms with Crippen molar-refractivity contribution in [2.24, 2.45) is 0 Å². The van der Waals surface area contributed by atoms with Crippen LogP contribution in [0.3, 0.4) is 0 Å². The van der Waals surface area contributed by atoms with Gasteiger partial charge in [0.15, 0.2) is 6.79 Å². The van der Waals surface area contributed by atoms with Crippen molar-refractivity contribution in [2.75, 3.05) is 13.9 Å². The Bertz CT molecular complexity index is 539. The van der Waals surface area contributed by atoms with Gasteiger partial charge < -0.3 is 9.47 Å². The third-order valence-corrected chi connectivity index (χ3v) is 2.55. The minimum Gasteiger partial charge on any atom is -0.468 e. The number of benzene rings is 2. The van der Waals surface area contributed by atoms with Crippen LogP contribution in [0.25, 0.3) is 11.1 Å². The largest absolute Gasteiger partial charge is 0.468 e. The van der Waals surface area contributed by atoms with Crippen LogP contribution >= 0.6 is 0 Å². The number of rotatable bonds is 4. The molecule has 0 fully saturated rings. The highest BCUT2D eigenvalue weighted by Crippen LogP contribution is 2.22. The van der Waals surface area contributed by atoms with Gasteiger partial charge in [-0.2, -0.15) is 5.26 Å². The summed E-state index contributed by atoms with van der Waals surface area (Å²) in [6.45, 7) is 0.246. The molecule has 0 saturated heterocycles. The Hall–Kier alpha value is -2.31. The number of hydrogen-bond acceptors (Lipinski definition) is 3. The Morgan fingerprint density at radius 2 is 1.27 bits per heavy atom. The molecular weight excluding hydrogens is 274 g/mol. The Morgan fingerprint density at radius 1 is 0.818 bits per heavy atom. The predicted octanol–water partition coefficient (Wildman–Crippen LogP) is 5.75. The van der Waals surface area contributed by atoms with Crippen molar-refractivity contribution in [3.8, 4) is 22.9 Å². The van der Waals surface area contributed by atoms with Crippen LogP contribution in [0.1, 0.15) is 35.3 Å². The fourth-order valence-corrected chi connectivity index (χ4v) is 1.61. The van der Waals surface area contributed by atoms with Crippen molar-refractivity contribution >= 4 is 0 Å². The second kappa shape index (κ2) is 12.4. The van der Waals surface area contributed by atoms with Crippen LogP contribution in [-0.2, 0) is 4.74 Å². The maximum absolute atomic E-state index is 8.74. The van der Waals surface area contributed by atoms with E-state index in [4.69, 9.17) is 14.7 Å². The molecule has 0 spiro atoms. The molecule has 0 amide bonds. The van der Waals surface area contributed by atoms with Gasteiger partial charge in [-0.25, -0.2) is 0 Å². The molecule has 22 heavy (non-hydrogen) atoms. The van der Waals surface area contributed by atoms with Gasteiger partial charge in [-0.3, -0.25) is 0 Å². The number of hydrogen-bond donors (Lipinski definition) is 0. The van der Waals surface area contributed by atoms with Crippen molar-refractivity contribution < 1.29 is 9.47 Å². The van der Waals surface area contributed by atoms with Gasteiger partial charge in [0.2, 0.25) is 0 Å². The molecule has 2 aromatic carbocycles. The first kappa shape index (κ1) is 24.7. The molecule has 0 aromatic heterocycles. The maximum atomic E-state index is 8.74. The molecule has 3 heteroatoms. The molecule has 0 aliphatic rings. The fraction of sp³-hybridized carbons (Fsp3) is 0.316. The third-order valence-electron chi connectivity index (χ3n) is 2.55. The number of nitrogens with zero attached hydrogens (tertiary/aromatic N) is 1. The normalized spacial score (nSPS) is 8.00. The van der Waals surface area contributed by atoms with Crippen molar-refractivity contribution in [1.82, 2.24) is 0 Å². The van der Waals surface area contributed by atoms with Crippen LogP contribution in [0.15, 0.2) is 48.5 Å². The highest BCUT2D eigenvalue weighted by atomic mass is 16.7. The number of ether oxygens (including phenoxy) is 2. The van der Waals surface area contributed by atoms with E-state index in [0.29, 0.717) is 5.56 Å².